The maximum Gasteiger partial charge on any atom is 0.326 e. The van der Waals surface area contributed by atoms with Gasteiger partial charge in [-0.3, -0.25) is 9.59 Å². The molecule has 0 aliphatic heterocycles. The number of aliphatic carboxylic acids is 1. The zero-order valence-corrected chi connectivity index (χ0v) is 12.2. The lowest BCUT2D eigenvalue weighted by atomic mass is 10.1. The third-order valence-corrected chi connectivity index (χ3v) is 3.93. The van der Waals surface area contributed by atoms with Crippen LogP contribution in [0.15, 0.2) is 12.1 Å². The molecule has 1 aromatic heterocycles. The molecule has 1 amide bonds. The second-order valence-corrected chi connectivity index (χ2v) is 5.27. The van der Waals surface area contributed by atoms with Gasteiger partial charge in [-0.2, -0.15) is 0 Å². The van der Waals surface area contributed by atoms with Crippen molar-refractivity contribution in [1.29, 1.82) is 0 Å². The van der Waals surface area contributed by atoms with Crippen molar-refractivity contribution in [3.8, 4) is 0 Å². The van der Waals surface area contributed by atoms with Gasteiger partial charge in [0.05, 0.1) is 12.0 Å². The van der Waals surface area contributed by atoms with E-state index in [-0.39, 0.29) is 12.8 Å². The molecule has 0 radical (unpaired) electrons. The molecule has 1 unspecified atom stereocenters. The summed E-state index contributed by atoms with van der Waals surface area (Å²) in [6, 6.07) is 2.40. The molecule has 1 heterocycles. The second-order valence-electron chi connectivity index (χ2n) is 4.10. The monoisotopic (exact) mass is 299 g/mol. The SMILES string of the molecule is CCc1ccc(C(=O)NC(CCC(=O)OC)C(=O)O)s1. The minimum Gasteiger partial charge on any atom is -0.480 e. The van der Waals surface area contributed by atoms with E-state index in [4.69, 9.17) is 5.11 Å². The summed E-state index contributed by atoms with van der Waals surface area (Å²) in [6.07, 6.45) is 0.765. The maximum atomic E-state index is 11.9. The number of methoxy groups -OCH3 is 1. The first-order chi connectivity index (χ1) is 9.47. The molecule has 0 bridgehead atoms. The van der Waals surface area contributed by atoms with Crippen molar-refractivity contribution in [2.45, 2.75) is 32.2 Å². The molecule has 0 saturated heterocycles. The van der Waals surface area contributed by atoms with Crippen LogP contribution in [0.1, 0.15) is 34.3 Å². The summed E-state index contributed by atoms with van der Waals surface area (Å²) in [5.41, 5.74) is 0. The van der Waals surface area contributed by atoms with Crippen LogP contribution in [0.3, 0.4) is 0 Å². The van der Waals surface area contributed by atoms with E-state index < -0.39 is 23.9 Å². The fourth-order valence-corrected chi connectivity index (χ4v) is 2.39. The predicted octanol–water partition coefficient (Wildman–Crippen LogP) is 1.45. The Labute approximate surface area is 120 Å². The van der Waals surface area contributed by atoms with Crippen molar-refractivity contribution in [3.63, 3.8) is 0 Å². The minimum atomic E-state index is -1.17. The summed E-state index contributed by atoms with van der Waals surface area (Å²) >= 11 is 1.33. The number of carboxylic acids is 1. The average molecular weight is 299 g/mol. The molecule has 0 aromatic carbocycles. The van der Waals surface area contributed by atoms with Crippen LogP contribution in [0, 0.1) is 0 Å². The highest BCUT2D eigenvalue weighted by Gasteiger charge is 2.22. The van der Waals surface area contributed by atoms with Crippen molar-refractivity contribution in [2.24, 2.45) is 0 Å². The van der Waals surface area contributed by atoms with Gasteiger partial charge in [0.25, 0.3) is 5.91 Å². The Kier molecular flexibility index (Phi) is 6.17. The van der Waals surface area contributed by atoms with Crippen molar-refractivity contribution in [2.75, 3.05) is 7.11 Å². The number of rotatable bonds is 7. The summed E-state index contributed by atoms with van der Waals surface area (Å²) in [5, 5.41) is 11.5. The largest absolute Gasteiger partial charge is 0.480 e. The van der Waals surface area contributed by atoms with Crippen molar-refractivity contribution < 1.29 is 24.2 Å². The number of hydrogen-bond acceptors (Lipinski definition) is 5. The molecule has 110 valence electrons. The van der Waals surface area contributed by atoms with Crippen molar-refractivity contribution in [3.05, 3.63) is 21.9 Å². The van der Waals surface area contributed by atoms with Gasteiger partial charge in [0, 0.05) is 11.3 Å². The number of nitrogens with one attached hydrogen (secondary N) is 1. The van der Waals surface area contributed by atoms with E-state index in [9.17, 15) is 14.4 Å². The first-order valence-corrected chi connectivity index (χ1v) is 6.98. The normalized spacial score (nSPS) is 11.7. The molecular weight excluding hydrogens is 282 g/mol. The molecule has 0 fully saturated rings. The molecular formula is C13H17NO5S. The van der Waals surface area contributed by atoms with Crippen LogP contribution in [-0.4, -0.2) is 36.1 Å². The summed E-state index contributed by atoms with van der Waals surface area (Å²) in [5.74, 6) is -2.11. The average Bonchev–Trinajstić information content (AvgIpc) is 2.91. The number of carbonyl (C=O) groups excluding carboxylic acids is 2. The van der Waals surface area contributed by atoms with Gasteiger partial charge >= 0.3 is 11.9 Å². The first kappa shape index (κ1) is 16.2. The molecule has 1 rings (SSSR count). The second kappa shape index (κ2) is 7.64. The highest BCUT2D eigenvalue weighted by Crippen LogP contribution is 2.17. The van der Waals surface area contributed by atoms with Crippen LogP contribution in [0.5, 0.6) is 0 Å². The molecule has 6 nitrogen and oxygen atoms in total. The van der Waals surface area contributed by atoms with Crippen LogP contribution >= 0.6 is 11.3 Å². The van der Waals surface area contributed by atoms with Gasteiger partial charge in [-0.05, 0) is 25.0 Å². The van der Waals surface area contributed by atoms with Gasteiger partial charge in [-0.1, -0.05) is 6.92 Å². The number of aryl methyl sites for hydroxylation is 1. The third kappa shape index (κ3) is 4.65. The molecule has 0 aliphatic carbocycles. The zero-order chi connectivity index (χ0) is 15.1. The molecule has 0 spiro atoms. The number of ether oxygens (including phenoxy) is 1. The predicted molar refractivity (Wildman–Crippen MR) is 73.8 cm³/mol. The van der Waals surface area contributed by atoms with Crippen LogP contribution < -0.4 is 5.32 Å². The fraction of sp³-hybridized carbons (Fsp3) is 0.462. The van der Waals surface area contributed by atoms with E-state index in [1.165, 1.54) is 18.4 Å². The summed E-state index contributed by atoms with van der Waals surface area (Å²) in [7, 11) is 1.23. The molecule has 1 aromatic rings. The Morgan fingerprint density at radius 1 is 1.40 bits per heavy atom. The lowest BCUT2D eigenvalue weighted by Gasteiger charge is -2.13. The van der Waals surface area contributed by atoms with E-state index in [2.05, 4.69) is 10.1 Å². The van der Waals surface area contributed by atoms with Crippen LogP contribution in [0.2, 0.25) is 0 Å². The highest BCUT2D eigenvalue weighted by molar-refractivity contribution is 7.14. The summed E-state index contributed by atoms with van der Waals surface area (Å²) < 4.78 is 4.45. The lowest BCUT2D eigenvalue weighted by molar-refractivity contribution is -0.142. The van der Waals surface area contributed by atoms with Gasteiger partial charge < -0.3 is 15.2 Å². The number of amides is 1. The van der Waals surface area contributed by atoms with Crippen LogP contribution in [-0.2, 0) is 20.7 Å². The standard InChI is InChI=1S/C13H17NO5S/c1-3-8-4-6-10(20-8)12(16)14-9(13(17)18)5-7-11(15)19-2/h4,6,9H,3,5,7H2,1-2H3,(H,14,16)(H,17,18). The van der Waals surface area contributed by atoms with Gasteiger partial charge in [-0.15, -0.1) is 11.3 Å². The molecule has 7 heteroatoms. The molecule has 0 aliphatic rings. The topological polar surface area (TPSA) is 92.7 Å². The molecule has 0 saturated carbocycles. The van der Waals surface area contributed by atoms with Gasteiger partial charge in [-0.25, -0.2) is 4.79 Å². The summed E-state index contributed by atoms with van der Waals surface area (Å²) in [6.45, 7) is 1.98. The maximum absolute atomic E-state index is 11.9. The van der Waals surface area contributed by atoms with E-state index in [1.54, 1.807) is 6.07 Å². The summed E-state index contributed by atoms with van der Waals surface area (Å²) in [4.78, 5) is 35.5. The number of carbonyl (C=O) groups is 3. The highest BCUT2D eigenvalue weighted by atomic mass is 32.1. The zero-order valence-electron chi connectivity index (χ0n) is 11.3. The molecule has 2 N–H and O–H groups in total. The van der Waals surface area contributed by atoms with Crippen molar-refractivity contribution >= 4 is 29.2 Å². The first-order valence-electron chi connectivity index (χ1n) is 6.17. The Morgan fingerprint density at radius 2 is 2.10 bits per heavy atom. The Bertz CT molecular complexity index is 497. The minimum absolute atomic E-state index is 0.000241. The van der Waals surface area contributed by atoms with E-state index in [0.717, 1.165) is 11.3 Å². The lowest BCUT2D eigenvalue weighted by Crippen LogP contribution is -2.40. The van der Waals surface area contributed by atoms with Crippen LogP contribution in [0.25, 0.3) is 0 Å². The quantitative estimate of drug-likeness (QED) is 0.743. The van der Waals surface area contributed by atoms with Gasteiger partial charge in [0.1, 0.15) is 6.04 Å². The smallest absolute Gasteiger partial charge is 0.326 e. The van der Waals surface area contributed by atoms with Crippen LogP contribution in [0.4, 0.5) is 0 Å². The number of hydrogen-bond donors (Lipinski definition) is 2. The van der Waals surface area contributed by atoms with E-state index >= 15 is 0 Å². The molecule has 1 atom stereocenters. The Balaban J connectivity index is 2.63. The van der Waals surface area contributed by atoms with Crippen molar-refractivity contribution in [1.82, 2.24) is 5.32 Å². The van der Waals surface area contributed by atoms with E-state index in [1.807, 2.05) is 13.0 Å². The Morgan fingerprint density at radius 3 is 2.60 bits per heavy atom. The third-order valence-electron chi connectivity index (χ3n) is 2.70. The Hall–Kier alpha value is -1.89. The molecule has 20 heavy (non-hydrogen) atoms. The van der Waals surface area contributed by atoms with Gasteiger partial charge in [0.2, 0.25) is 0 Å². The number of carboxylic acid groups (broad SMARTS) is 1. The van der Waals surface area contributed by atoms with E-state index in [0.29, 0.717) is 4.88 Å². The number of thiophene rings is 1. The van der Waals surface area contributed by atoms with Gasteiger partial charge in [0.15, 0.2) is 0 Å². The number of esters is 1. The fourth-order valence-electron chi connectivity index (χ4n) is 1.54.